The van der Waals surface area contributed by atoms with Crippen molar-refractivity contribution in [2.45, 2.75) is 25.4 Å². The Morgan fingerprint density at radius 1 is 1.35 bits per heavy atom. The Kier molecular flexibility index (Phi) is 5.60. The molecule has 0 amide bonds. The highest BCUT2D eigenvalue weighted by atomic mass is 16.2. The van der Waals surface area contributed by atoms with Gasteiger partial charge in [0.15, 0.2) is 0 Å². The fourth-order valence-electron chi connectivity index (χ4n) is 2.61. The van der Waals surface area contributed by atoms with Crippen LogP contribution in [-0.2, 0) is 6.54 Å². The summed E-state index contributed by atoms with van der Waals surface area (Å²) in [5.74, 6) is 6.19. The van der Waals surface area contributed by atoms with Crippen LogP contribution in [0.4, 0.5) is 0 Å². The molecule has 0 saturated carbocycles. The minimum atomic E-state index is 0.131. The largest absolute Gasteiger partial charge is 0.395 e. The molecule has 1 aliphatic rings. The summed E-state index contributed by atoms with van der Waals surface area (Å²) >= 11 is 0. The van der Waals surface area contributed by atoms with Crippen molar-refractivity contribution in [2.75, 3.05) is 33.8 Å². The number of nitrogens with zero attached hydrogens (tertiary/aromatic N) is 2. The topological polar surface area (TPSA) is 26.7 Å². The summed E-state index contributed by atoms with van der Waals surface area (Å²) in [6, 6.07) is 9.00. The van der Waals surface area contributed by atoms with E-state index in [1.165, 1.54) is 12.0 Å². The molecule has 3 nitrogen and oxygen atoms in total. The third kappa shape index (κ3) is 4.08. The van der Waals surface area contributed by atoms with Crippen molar-refractivity contribution in [3.8, 4) is 11.8 Å². The molecule has 3 heteroatoms. The van der Waals surface area contributed by atoms with E-state index in [-0.39, 0.29) is 6.61 Å². The van der Waals surface area contributed by atoms with E-state index in [0.717, 1.165) is 25.2 Å². The SMILES string of the molecule is CN(C)C1CCN(Cc2ccccc2C#CCCO)C1. The summed E-state index contributed by atoms with van der Waals surface area (Å²) in [7, 11) is 4.31. The molecular formula is C17H24N2O. The molecule has 20 heavy (non-hydrogen) atoms. The Bertz CT molecular complexity index is 487. The van der Waals surface area contributed by atoms with E-state index in [4.69, 9.17) is 5.11 Å². The Labute approximate surface area is 122 Å². The highest BCUT2D eigenvalue weighted by Gasteiger charge is 2.23. The molecule has 0 aliphatic carbocycles. The van der Waals surface area contributed by atoms with Crippen LogP contribution in [0.1, 0.15) is 24.0 Å². The van der Waals surface area contributed by atoms with E-state index in [1.54, 1.807) is 0 Å². The van der Waals surface area contributed by atoms with Crippen LogP contribution in [0.2, 0.25) is 0 Å². The maximum Gasteiger partial charge on any atom is 0.0540 e. The molecule has 1 N–H and O–H groups in total. The first-order chi connectivity index (χ1) is 9.70. The molecule has 1 aromatic rings. The maximum absolute atomic E-state index is 8.81. The van der Waals surface area contributed by atoms with Crippen molar-refractivity contribution in [3.63, 3.8) is 0 Å². The summed E-state index contributed by atoms with van der Waals surface area (Å²) in [6.07, 6.45) is 1.78. The van der Waals surface area contributed by atoms with Gasteiger partial charge in [0, 0.05) is 37.7 Å². The van der Waals surface area contributed by atoms with E-state index >= 15 is 0 Å². The second-order valence-electron chi connectivity index (χ2n) is 5.57. The van der Waals surface area contributed by atoms with E-state index in [0.29, 0.717) is 12.5 Å². The molecule has 1 saturated heterocycles. The lowest BCUT2D eigenvalue weighted by atomic mass is 10.1. The number of benzene rings is 1. The van der Waals surface area contributed by atoms with Crippen LogP contribution in [-0.4, -0.2) is 54.7 Å². The van der Waals surface area contributed by atoms with Gasteiger partial charge in [-0.2, -0.15) is 0 Å². The molecule has 1 atom stereocenters. The zero-order valence-corrected chi connectivity index (χ0v) is 12.5. The number of likely N-dealkylation sites (N-methyl/N-ethyl adjacent to an activating group) is 1. The van der Waals surface area contributed by atoms with Gasteiger partial charge in [0.1, 0.15) is 0 Å². The van der Waals surface area contributed by atoms with Crippen LogP contribution in [0.15, 0.2) is 24.3 Å². The summed E-state index contributed by atoms with van der Waals surface area (Å²) < 4.78 is 0. The summed E-state index contributed by atoms with van der Waals surface area (Å²) in [4.78, 5) is 4.81. The van der Waals surface area contributed by atoms with Crippen LogP contribution in [0.3, 0.4) is 0 Å². The normalized spacial score (nSPS) is 19.1. The second kappa shape index (κ2) is 7.44. The zero-order chi connectivity index (χ0) is 14.4. The smallest absolute Gasteiger partial charge is 0.0540 e. The van der Waals surface area contributed by atoms with Crippen LogP contribution in [0.25, 0.3) is 0 Å². The molecular weight excluding hydrogens is 248 g/mol. The van der Waals surface area contributed by atoms with Crippen LogP contribution in [0.5, 0.6) is 0 Å². The summed E-state index contributed by atoms with van der Waals surface area (Å²) in [6.45, 7) is 3.38. The predicted molar refractivity (Wildman–Crippen MR) is 82.4 cm³/mol. The van der Waals surface area contributed by atoms with Gasteiger partial charge in [0.05, 0.1) is 6.61 Å². The van der Waals surface area contributed by atoms with Crippen molar-refractivity contribution in [1.82, 2.24) is 9.80 Å². The maximum atomic E-state index is 8.81. The average Bonchev–Trinajstić information content (AvgIpc) is 2.90. The zero-order valence-electron chi connectivity index (χ0n) is 12.5. The van der Waals surface area contributed by atoms with E-state index in [1.807, 2.05) is 6.07 Å². The molecule has 0 spiro atoms. The van der Waals surface area contributed by atoms with E-state index in [9.17, 15) is 0 Å². The molecule has 0 bridgehead atoms. The van der Waals surface area contributed by atoms with E-state index < -0.39 is 0 Å². The predicted octanol–water partition coefficient (Wildman–Crippen LogP) is 1.56. The fourth-order valence-corrected chi connectivity index (χ4v) is 2.61. The van der Waals surface area contributed by atoms with Gasteiger partial charge in [0.2, 0.25) is 0 Å². The summed E-state index contributed by atoms with van der Waals surface area (Å²) in [5, 5.41) is 8.81. The summed E-state index contributed by atoms with van der Waals surface area (Å²) in [5.41, 5.74) is 2.38. The van der Waals surface area contributed by atoms with Gasteiger partial charge in [-0.25, -0.2) is 0 Å². The minimum Gasteiger partial charge on any atom is -0.395 e. The Morgan fingerprint density at radius 2 is 2.15 bits per heavy atom. The van der Waals surface area contributed by atoms with Crippen molar-refractivity contribution in [3.05, 3.63) is 35.4 Å². The van der Waals surface area contributed by atoms with Crippen molar-refractivity contribution < 1.29 is 5.11 Å². The number of aliphatic hydroxyl groups is 1. The first-order valence-corrected chi connectivity index (χ1v) is 7.27. The van der Waals surface area contributed by atoms with E-state index in [2.05, 4.69) is 53.9 Å². The number of hydrogen-bond donors (Lipinski definition) is 1. The molecule has 0 radical (unpaired) electrons. The Hall–Kier alpha value is -1.34. The third-order valence-electron chi connectivity index (χ3n) is 3.85. The highest BCUT2D eigenvalue weighted by Crippen LogP contribution is 2.18. The van der Waals surface area contributed by atoms with Gasteiger partial charge < -0.3 is 10.0 Å². The number of likely N-dealkylation sites (tertiary alicyclic amines) is 1. The molecule has 1 aromatic carbocycles. The lowest BCUT2D eigenvalue weighted by molar-refractivity contribution is 0.264. The van der Waals surface area contributed by atoms with Gasteiger partial charge >= 0.3 is 0 Å². The second-order valence-corrected chi connectivity index (χ2v) is 5.57. The van der Waals surface area contributed by atoms with Gasteiger partial charge in [-0.1, -0.05) is 30.0 Å². The highest BCUT2D eigenvalue weighted by molar-refractivity contribution is 5.41. The monoisotopic (exact) mass is 272 g/mol. The molecule has 1 aliphatic heterocycles. The first-order valence-electron chi connectivity index (χ1n) is 7.27. The Morgan fingerprint density at radius 3 is 2.85 bits per heavy atom. The van der Waals surface area contributed by atoms with Gasteiger partial charge in [-0.05, 0) is 32.1 Å². The van der Waals surface area contributed by atoms with Crippen LogP contribution in [0, 0.1) is 11.8 Å². The van der Waals surface area contributed by atoms with Crippen LogP contribution >= 0.6 is 0 Å². The lowest BCUT2D eigenvalue weighted by Crippen LogP contribution is -2.31. The van der Waals surface area contributed by atoms with Gasteiger partial charge in [0.25, 0.3) is 0 Å². The fraction of sp³-hybridized carbons (Fsp3) is 0.529. The molecule has 108 valence electrons. The van der Waals surface area contributed by atoms with Crippen molar-refractivity contribution in [2.24, 2.45) is 0 Å². The number of aliphatic hydroxyl groups excluding tert-OH is 1. The number of rotatable bonds is 4. The molecule has 1 fully saturated rings. The molecule has 1 unspecified atom stereocenters. The molecule has 2 rings (SSSR count). The quantitative estimate of drug-likeness (QED) is 0.843. The standard InChI is InChI=1S/C17H24N2O/c1-18(2)17-10-11-19(14-17)13-16-9-4-3-7-15(16)8-5-6-12-20/h3-4,7,9,17,20H,6,10-14H2,1-2H3. The Balaban J connectivity index is 2.02. The third-order valence-corrected chi connectivity index (χ3v) is 3.85. The van der Waals surface area contributed by atoms with Crippen molar-refractivity contribution in [1.29, 1.82) is 0 Å². The van der Waals surface area contributed by atoms with Crippen molar-refractivity contribution >= 4 is 0 Å². The lowest BCUT2D eigenvalue weighted by Gasteiger charge is -2.20. The minimum absolute atomic E-state index is 0.131. The van der Waals surface area contributed by atoms with Gasteiger partial charge in [-0.15, -0.1) is 0 Å². The molecule has 0 aromatic heterocycles. The van der Waals surface area contributed by atoms with Gasteiger partial charge in [-0.3, -0.25) is 4.90 Å². The average molecular weight is 272 g/mol. The molecule has 1 heterocycles. The first kappa shape index (κ1) is 15.1. The number of hydrogen-bond acceptors (Lipinski definition) is 3. The van der Waals surface area contributed by atoms with Crippen LogP contribution < -0.4 is 0 Å².